The van der Waals surface area contributed by atoms with Crippen molar-refractivity contribution in [2.45, 2.75) is 31.6 Å². The van der Waals surface area contributed by atoms with Crippen molar-refractivity contribution >= 4 is 0 Å². The normalized spacial score (nSPS) is 32.1. The molecule has 0 heterocycles. The Morgan fingerprint density at radius 2 is 2.20 bits per heavy atom. The number of hydrogen-bond acceptors (Lipinski definition) is 1. The van der Waals surface area contributed by atoms with Crippen LogP contribution in [0.2, 0.25) is 0 Å². The zero-order valence-electron chi connectivity index (χ0n) is 5.82. The van der Waals surface area contributed by atoms with Gasteiger partial charge < -0.3 is 5.11 Å². The topological polar surface area (TPSA) is 20.2 Å². The lowest BCUT2D eigenvalue weighted by Gasteiger charge is -2.27. The highest BCUT2D eigenvalue weighted by molar-refractivity contribution is 4.77. The Bertz CT molecular complexity index is 114. The van der Waals surface area contributed by atoms with Gasteiger partial charge >= 0.3 is 0 Å². The van der Waals surface area contributed by atoms with E-state index < -0.39 is 5.92 Å². The van der Waals surface area contributed by atoms with Crippen molar-refractivity contribution in [2.24, 2.45) is 5.92 Å². The molecule has 1 rings (SSSR count). The first-order valence-electron chi connectivity index (χ1n) is 3.63. The van der Waals surface area contributed by atoms with Gasteiger partial charge in [-0.15, -0.1) is 0 Å². The van der Waals surface area contributed by atoms with Gasteiger partial charge in [0.15, 0.2) is 0 Å². The number of rotatable bonds is 1. The standard InChI is InChI=1S/C7H12F2O/c8-7(9)3-1-2-6(4-7)5-10/h6,10H,1-5H2/t6-/m1/s1. The van der Waals surface area contributed by atoms with Gasteiger partial charge in [0.1, 0.15) is 0 Å². The largest absolute Gasteiger partial charge is 0.396 e. The molecule has 1 nitrogen and oxygen atoms in total. The SMILES string of the molecule is OC[C@@H]1CCCC(F)(F)C1. The van der Waals surface area contributed by atoms with Crippen LogP contribution in [0.5, 0.6) is 0 Å². The van der Waals surface area contributed by atoms with E-state index in [9.17, 15) is 8.78 Å². The van der Waals surface area contributed by atoms with Crippen LogP contribution in [-0.2, 0) is 0 Å². The quantitative estimate of drug-likeness (QED) is 0.604. The maximum Gasteiger partial charge on any atom is 0.248 e. The second-order valence-electron chi connectivity index (χ2n) is 3.00. The maximum absolute atomic E-state index is 12.5. The molecule has 60 valence electrons. The molecule has 0 saturated heterocycles. The zero-order chi connectivity index (χ0) is 7.61. The van der Waals surface area contributed by atoms with Gasteiger partial charge in [0.25, 0.3) is 0 Å². The fourth-order valence-corrected chi connectivity index (χ4v) is 1.43. The van der Waals surface area contributed by atoms with Gasteiger partial charge in [-0.1, -0.05) is 0 Å². The van der Waals surface area contributed by atoms with Crippen molar-refractivity contribution in [2.75, 3.05) is 6.61 Å². The first-order valence-corrected chi connectivity index (χ1v) is 3.63. The Labute approximate surface area is 59.0 Å². The van der Waals surface area contributed by atoms with Crippen molar-refractivity contribution in [3.8, 4) is 0 Å². The lowest BCUT2D eigenvalue weighted by Crippen LogP contribution is -2.27. The molecular formula is C7H12F2O. The maximum atomic E-state index is 12.5. The van der Waals surface area contributed by atoms with E-state index in [0.717, 1.165) is 6.42 Å². The molecule has 1 fully saturated rings. The lowest BCUT2D eigenvalue weighted by molar-refractivity contribution is -0.0602. The van der Waals surface area contributed by atoms with E-state index in [4.69, 9.17) is 5.11 Å². The van der Waals surface area contributed by atoms with E-state index in [0.29, 0.717) is 6.42 Å². The zero-order valence-corrected chi connectivity index (χ0v) is 5.82. The van der Waals surface area contributed by atoms with Crippen LogP contribution in [0.15, 0.2) is 0 Å². The summed E-state index contributed by atoms with van der Waals surface area (Å²) >= 11 is 0. The van der Waals surface area contributed by atoms with Crippen molar-refractivity contribution in [1.29, 1.82) is 0 Å². The van der Waals surface area contributed by atoms with E-state index in [1.54, 1.807) is 0 Å². The second-order valence-corrected chi connectivity index (χ2v) is 3.00. The Balaban J connectivity index is 2.40. The highest BCUT2D eigenvalue weighted by atomic mass is 19.3. The molecule has 0 aromatic heterocycles. The molecule has 0 aliphatic heterocycles. The summed E-state index contributed by atoms with van der Waals surface area (Å²) in [6.07, 6.45) is 1.19. The molecule has 0 unspecified atom stereocenters. The minimum absolute atomic E-state index is 0.00347. The van der Waals surface area contributed by atoms with Crippen LogP contribution in [0.25, 0.3) is 0 Å². The van der Waals surface area contributed by atoms with Gasteiger partial charge in [-0.25, -0.2) is 8.78 Å². The minimum atomic E-state index is -2.51. The predicted octanol–water partition coefficient (Wildman–Crippen LogP) is 1.80. The predicted molar refractivity (Wildman–Crippen MR) is 34.0 cm³/mol. The molecule has 0 bridgehead atoms. The average Bonchev–Trinajstić information content (AvgIpc) is 1.86. The molecule has 10 heavy (non-hydrogen) atoms. The van der Waals surface area contributed by atoms with Gasteiger partial charge in [-0.3, -0.25) is 0 Å². The van der Waals surface area contributed by atoms with Gasteiger partial charge in [0.05, 0.1) is 0 Å². The number of halogens is 2. The van der Waals surface area contributed by atoms with Crippen molar-refractivity contribution in [1.82, 2.24) is 0 Å². The molecule has 0 aromatic rings. The van der Waals surface area contributed by atoms with E-state index >= 15 is 0 Å². The summed E-state index contributed by atoms with van der Waals surface area (Å²) in [5.41, 5.74) is 0. The van der Waals surface area contributed by atoms with Crippen LogP contribution < -0.4 is 0 Å². The lowest BCUT2D eigenvalue weighted by atomic mass is 9.87. The van der Waals surface area contributed by atoms with Crippen LogP contribution in [-0.4, -0.2) is 17.6 Å². The monoisotopic (exact) mass is 150 g/mol. The van der Waals surface area contributed by atoms with Gasteiger partial charge in [0, 0.05) is 19.4 Å². The number of aliphatic hydroxyl groups excluding tert-OH is 1. The van der Waals surface area contributed by atoms with Gasteiger partial charge in [-0.2, -0.15) is 0 Å². The third-order valence-corrected chi connectivity index (χ3v) is 2.00. The van der Waals surface area contributed by atoms with Gasteiger partial charge in [0.2, 0.25) is 5.92 Å². The van der Waals surface area contributed by atoms with Gasteiger partial charge in [-0.05, 0) is 18.8 Å². The third kappa shape index (κ3) is 1.90. The van der Waals surface area contributed by atoms with Crippen LogP contribution in [0.4, 0.5) is 8.78 Å². The minimum Gasteiger partial charge on any atom is -0.396 e. The Morgan fingerprint density at radius 3 is 2.60 bits per heavy atom. The molecule has 1 aliphatic rings. The Kier molecular flexibility index (Phi) is 2.24. The van der Waals surface area contributed by atoms with E-state index in [-0.39, 0.29) is 25.4 Å². The summed E-state index contributed by atoms with van der Waals surface area (Å²) in [5.74, 6) is -2.67. The molecule has 0 aromatic carbocycles. The Morgan fingerprint density at radius 1 is 1.50 bits per heavy atom. The van der Waals surface area contributed by atoms with E-state index in [1.807, 2.05) is 0 Å². The summed E-state index contributed by atoms with van der Waals surface area (Å²) < 4.78 is 25.1. The Hall–Kier alpha value is -0.180. The molecule has 0 spiro atoms. The van der Waals surface area contributed by atoms with Crippen molar-refractivity contribution in [3.05, 3.63) is 0 Å². The number of aliphatic hydroxyl groups is 1. The fraction of sp³-hybridized carbons (Fsp3) is 1.00. The number of hydrogen-bond donors (Lipinski definition) is 1. The summed E-state index contributed by atoms with van der Waals surface area (Å²) in [7, 11) is 0. The molecule has 1 atom stereocenters. The number of alkyl halides is 2. The van der Waals surface area contributed by atoms with E-state index in [2.05, 4.69) is 0 Å². The summed E-state index contributed by atoms with van der Waals surface area (Å²) in [6, 6.07) is 0. The average molecular weight is 150 g/mol. The summed E-state index contributed by atoms with van der Waals surface area (Å²) in [5, 5.41) is 8.59. The van der Waals surface area contributed by atoms with Crippen LogP contribution in [0.3, 0.4) is 0 Å². The first-order chi connectivity index (χ1) is 4.64. The summed E-state index contributed by atoms with van der Waals surface area (Å²) in [6.45, 7) is -0.0877. The third-order valence-electron chi connectivity index (χ3n) is 2.00. The second kappa shape index (κ2) is 2.82. The highest BCUT2D eigenvalue weighted by Gasteiger charge is 2.35. The molecule has 3 heteroatoms. The van der Waals surface area contributed by atoms with Crippen molar-refractivity contribution < 1.29 is 13.9 Å². The van der Waals surface area contributed by atoms with Crippen LogP contribution >= 0.6 is 0 Å². The molecule has 1 saturated carbocycles. The summed E-state index contributed by atoms with van der Waals surface area (Å²) in [4.78, 5) is 0. The molecule has 1 N–H and O–H groups in total. The molecule has 1 aliphatic carbocycles. The fourth-order valence-electron chi connectivity index (χ4n) is 1.43. The first kappa shape index (κ1) is 7.92. The van der Waals surface area contributed by atoms with Crippen LogP contribution in [0, 0.1) is 5.92 Å². The highest BCUT2D eigenvalue weighted by Crippen LogP contribution is 2.36. The van der Waals surface area contributed by atoms with E-state index in [1.165, 1.54) is 0 Å². The molecule has 0 radical (unpaired) electrons. The molecular weight excluding hydrogens is 138 g/mol. The smallest absolute Gasteiger partial charge is 0.248 e. The van der Waals surface area contributed by atoms with Crippen LogP contribution in [0.1, 0.15) is 25.7 Å². The molecule has 0 amide bonds. The van der Waals surface area contributed by atoms with Crippen molar-refractivity contribution in [3.63, 3.8) is 0 Å².